The molecule has 1 saturated heterocycles. The molecule has 0 aliphatic carbocycles. The third-order valence-corrected chi connectivity index (χ3v) is 7.49. The third-order valence-electron chi connectivity index (χ3n) is 4.79. The molecule has 0 aromatic heterocycles. The number of carbonyl (C=O) groups excluding carboxylic acids is 1. The topological polar surface area (TPSA) is 69.7 Å². The van der Waals surface area contributed by atoms with Gasteiger partial charge in [0.2, 0.25) is 10.0 Å². The highest BCUT2D eigenvalue weighted by Gasteiger charge is 2.26. The summed E-state index contributed by atoms with van der Waals surface area (Å²) in [7, 11) is -3.43. The summed E-state index contributed by atoms with van der Waals surface area (Å²) >= 11 is 9.34. The van der Waals surface area contributed by atoms with Crippen molar-refractivity contribution in [2.24, 2.45) is 0 Å². The average Bonchev–Trinajstić information content (AvgIpc) is 2.71. The highest BCUT2D eigenvalue weighted by Crippen LogP contribution is 2.20. The molecule has 0 unspecified atom stereocenters. The van der Waals surface area contributed by atoms with Crippen LogP contribution in [0.1, 0.15) is 15.9 Å². The van der Waals surface area contributed by atoms with Gasteiger partial charge in [-0.1, -0.05) is 57.9 Å². The van der Waals surface area contributed by atoms with E-state index in [4.69, 9.17) is 11.6 Å². The van der Waals surface area contributed by atoms with Gasteiger partial charge in [0.15, 0.2) is 0 Å². The summed E-state index contributed by atoms with van der Waals surface area (Å²) in [6, 6.07) is 15.1. The van der Waals surface area contributed by atoms with Gasteiger partial charge in [-0.05, 0) is 23.8 Å². The molecule has 1 fully saturated rings. The smallest absolute Gasteiger partial charge is 0.252 e. The molecule has 6 nitrogen and oxygen atoms in total. The van der Waals surface area contributed by atoms with Gasteiger partial charge in [-0.2, -0.15) is 4.31 Å². The van der Waals surface area contributed by atoms with Crippen molar-refractivity contribution in [3.63, 3.8) is 0 Å². The van der Waals surface area contributed by atoms with Crippen LogP contribution >= 0.6 is 27.5 Å². The predicted octanol–water partition coefficient (Wildman–Crippen LogP) is 2.98. The molecular formula is C20H23BrClN3O3S. The summed E-state index contributed by atoms with van der Waals surface area (Å²) in [4.78, 5) is 14.5. The number of piperazine rings is 1. The number of sulfonamides is 1. The number of hydrogen-bond donors (Lipinski definition) is 1. The van der Waals surface area contributed by atoms with Crippen LogP contribution in [-0.4, -0.2) is 62.0 Å². The minimum atomic E-state index is -3.43. The van der Waals surface area contributed by atoms with E-state index >= 15 is 0 Å². The Balaban J connectivity index is 1.46. The first-order valence-electron chi connectivity index (χ1n) is 9.32. The lowest BCUT2D eigenvalue weighted by atomic mass is 10.2. The molecule has 1 amide bonds. The summed E-state index contributed by atoms with van der Waals surface area (Å²) in [5.41, 5.74) is 1.53. The second kappa shape index (κ2) is 10.0. The van der Waals surface area contributed by atoms with Crippen molar-refractivity contribution in [3.05, 3.63) is 69.2 Å². The van der Waals surface area contributed by atoms with Crippen molar-refractivity contribution in [1.29, 1.82) is 0 Å². The number of benzene rings is 2. The van der Waals surface area contributed by atoms with E-state index in [0.29, 0.717) is 36.8 Å². The molecule has 1 aliphatic heterocycles. The molecule has 0 bridgehead atoms. The fraction of sp³-hybridized carbons (Fsp3) is 0.350. The lowest BCUT2D eigenvalue weighted by Gasteiger charge is -2.34. The fourth-order valence-electron chi connectivity index (χ4n) is 3.20. The van der Waals surface area contributed by atoms with E-state index in [-0.39, 0.29) is 18.2 Å². The minimum Gasteiger partial charge on any atom is -0.351 e. The van der Waals surface area contributed by atoms with Crippen molar-refractivity contribution in [2.75, 3.05) is 38.5 Å². The molecule has 2 aromatic carbocycles. The number of nitrogens with zero attached hydrogens (tertiary/aromatic N) is 2. The maximum Gasteiger partial charge on any atom is 0.252 e. The van der Waals surface area contributed by atoms with Crippen LogP contribution < -0.4 is 5.32 Å². The number of carbonyl (C=O) groups is 1. The molecule has 0 radical (unpaired) electrons. The van der Waals surface area contributed by atoms with E-state index in [1.807, 2.05) is 18.2 Å². The Labute approximate surface area is 185 Å². The summed E-state index contributed by atoms with van der Waals surface area (Å²) in [6.07, 6.45) is 0. The quantitative estimate of drug-likeness (QED) is 0.635. The Morgan fingerprint density at radius 1 is 1.07 bits per heavy atom. The van der Waals surface area contributed by atoms with Crippen LogP contribution in [0.25, 0.3) is 0 Å². The number of nitrogens with one attached hydrogen (secondary N) is 1. The number of hydrogen-bond acceptors (Lipinski definition) is 4. The maximum atomic E-state index is 12.6. The maximum absolute atomic E-state index is 12.6. The lowest BCUT2D eigenvalue weighted by Crippen LogP contribution is -2.49. The second-order valence-electron chi connectivity index (χ2n) is 6.86. The first-order valence-corrected chi connectivity index (χ1v) is 12.1. The molecule has 0 saturated carbocycles. The highest BCUT2D eigenvalue weighted by molar-refractivity contribution is 9.10. The Morgan fingerprint density at radius 3 is 2.45 bits per heavy atom. The van der Waals surface area contributed by atoms with E-state index in [1.165, 1.54) is 9.87 Å². The van der Waals surface area contributed by atoms with Crippen molar-refractivity contribution in [1.82, 2.24) is 14.5 Å². The lowest BCUT2D eigenvalue weighted by molar-refractivity contribution is 0.0956. The Bertz CT molecular complexity index is 949. The van der Waals surface area contributed by atoms with E-state index in [0.717, 1.165) is 11.0 Å². The average molecular weight is 501 g/mol. The van der Waals surface area contributed by atoms with Crippen LogP contribution in [0, 0.1) is 0 Å². The van der Waals surface area contributed by atoms with Gasteiger partial charge >= 0.3 is 0 Å². The van der Waals surface area contributed by atoms with Crippen molar-refractivity contribution < 1.29 is 13.2 Å². The molecule has 1 aliphatic rings. The summed E-state index contributed by atoms with van der Waals surface area (Å²) in [5, 5.41) is 2.97. The zero-order valence-electron chi connectivity index (χ0n) is 15.9. The number of amides is 1. The molecule has 1 N–H and O–H groups in total. The van der Waals surface area contributed by atoms with Gasteiger partial charge in [-0.3, -0.25) is 9.69 Å². The third kappa shape index (κ3) is 6.26. The molecule has 156 valence electrons. The normalized spacial score (nSPS) is 15.9. The highest BCUT2D eigenvalue weighted by atomic mass is 79.9. The second-order valence-corrected chi connectivity index (χ2v) is 10.3. The zero-order valence-corrected chi connectivity index (χ0v) is 19.0. The van der Waals surface area contributed by atoms with Crippen LogP contribution in [0.4, 0.5) is 0 Å². The molecule has 29 heavy (non-hydrogen) atoms. The van der Waals surface area contributed by atoms with Crippen molar-refractivity contribution in [3.8, 4) is 0 Å². The van der Waals surface area contributed by atoms with Gasteiger partial charge in [0.1, 0.15) is 0 Å². The first-order chi connectivity index (χ1) is 13.8. The number of rotatable bonds is 7. The Hall–Kier alpha value is -1.45. The molecular weight excluding hydrogens is 478 g/mol. The standard InChI is InChI=1S/C20H23BrClN3O3S/c21-17-6-7-19(22)18(14-17)20(26)23-8-13-29(27,28)25-11-9-24(10-12-25)15-16-4-2-1-3-5-16/h1-7,14H,8-13,15H2,(H,23,26). The van der Waals surface area contributed by atoms with Crippen LogP contribution in [0.5, 0.6) is 0 Å². The molecule has 1 heterocycles. The van der Waals surface area contributed by atoms with Crippen LogP contribution in [0.15, 0.2) is 53.0 Å². The number of halogens is 2. The Morgan fingerprint density at radius 2 is 1.76 bits per heavy atom. The van der Waals surface area contributed by atoms with Gasteiger partial charge in [0.05, 0.1) is 16.3 Å². The van der Waals surface area contributed by atoms with E-state index in [2.05, 4.69) is 38.3 Å². The molecule has 9 heteroatoms. The molecule has 2 aromatic rings. The van der Waals surface area contributed by atoms with Crippen LogP contribution in [0.2, 0.25) is 5.02 Å². The largest absolute Gasteiger partial charge is 0.351 e. The van der Waals surface area contributed by atoms with Crippen molar-refractivity contribution >= 4 is 43.5 Å². The van der Waals surface area contributed by atoms with Crippen LogP contribution in [0.3, 0.4) is 0 Å². The van der Waals surface area contributed by atoms with E-state index in [9.17, 15) is 13.2 Å². The van der Waals surface area contributed by atoms with Gasteiger partial charge in [-0.15, -0.1) is 0 Å². The summed E-state index contributed by atoms with van der Waals surface area (Å²) in [5.74, 6) is -0.526. The van der Waals surface area contributed by atoms with Crippen LogP contribution in [-0.2, 0) is 16.6 Å². The van der Waals surface area contributed by atoms with Gasteiger partial charge < -0.3 is 5.32 Å². The van der Waals surface area contributed by atoms with Gasteiger partial charge in [-0.25, -0.2) is 8.42 Å². The fourth-order valence-corrected chi connectivity index (χ4v) is 5.10. The van der Waals surface area contributed by atoms with E-state index < -0.39 is 10.0 Å². The minimum absolute atomic E-state index is 0.0360. The summed E-state index contributed by atoms with van der Waals surface area (Å²) < 4.78 is 27.5. The zero-order chi connectivity index (χ0) is 20.9. The van der Waals surface area contributed by atoms with Gasteiger partial charge in [0.25, 0.3) is 5.91 Å². The first kappa shape index (κ1) is 22.2. The monoisotopic (exact) mass is 499 g/mol. The molecule has 0 atom stereocenters. The summed E-state index contributed by atoms with van der Waals surface area (Å²) in [6.45, 7) is 3.15. The van der Waals surface area contributed by atoms with Gasteiger partial charge in [0, 0.05) is 43.7 Å². The molecule has 0 spiro atoms. The Kier molecular flexibility index (Phi) is 7.70. The SMILES string of the molecule is O=C(NCCS(=O)(=O)N1CCN(Cc2ccccc2)CC1)c1cc(Br)ccc1Cl. The molecule has 3 rings (SSSR count). The predicted molar refractivity (Wildman–Crippen MR) is 119 cm³/mol. The van der Waals surface area contributed by atoms with E-state index in [1.54, 1.807) is 18.2 Å². The van der Waals surface area contributed by atoms with Crippen molar-refractivity contribution in [2.45, 2.75) is 6.54 Å².